The molecule has 0 radical (unpaired) electrons. The van der Waals surface area contributed by atoms with Crippen molar-refractivity contribution in [2.24, 2.45) is 0 Å². The molecule has 2 aliphatic heterocycles. The molecule has 0 aromatic carbocycles. The molecule has 2 aliphatic rings. The molecule has 3 heterocycles. The van der Waals surface area contributed by atoms with Crippen LogP contribution in [-0.4, -0.2) is 45.9 Å². The van der Waals surface area contributed by atoms with Gasteiger partial charge in [0, 0.05) is 24.9 Å². The van der Waals surface area contributed by atoms with Crippen molar-refractivity contribution < 1.29 is 9.53 Å². The molecule has 1 aromatic heterocycles. The smallest absolute Gasteiger partial charge is 0.323 e. The van der Waals surface area contributed by atoms with E-state index in [2.05, 4.69) is 10.00 Å². The minimum absolute atomic E-state index is 0.0157. The van der Waals surface area contributed by atoms with Gasteiger partial charge in [-0.05, 0) is 25.5 Å². The first-order chi connectivity index (χ1) is 8.34. The van der Waals surface area contributed by atoms with Crippen molar-refractivity contribution in [3.63, 3.8) is 0 Å². The van der Waals surface area contributed by atoms with Crippen molar-refractivity contribution in [2.45, 2.75) is 37.9 Å². The molecule has 0 aliphatic carbocycles. The number of likely N-dealkylation sites (tertiary alicyclic amines) is 1. The first-order valence-electron chi connectivity index (χ1n) is 6.24. The highest BCUT2D eigenvalue weighted by Gasteiger charge is 2.38. The van der Waals surface area contributed by atoms with Crippen LogP contribution in [0, 0.1) is 0 Å². The van der Waals surface area contributed by atoms with Gasteiger partial charge >= 0.3 is 5.97 Å². The number of nitrogens with zero attached hydrogens (tertiary/aromatic N) is 3. The number of carbonyl (C=O) groups is 1. The summed E-state index contributed by atoms with van der Waals surface area (Å²) in [6.07, 6.45) is 6.92. The average Bonchev–Trinajstić information content (AvgIpc) is 3.00. The van der Waals surface area contributed by atoms with E-state index in [-0.39, 0.29) is 12.0 Å². The molecule has 2 fully saturated rings. The van der Waals surface area contributed by atoms with Gasteiger partial charge in [-0.3, -0.25) is 14.4 Å². The SMILES string of the molecule is O=C1OCC[C@@H]1N1CCC[C@H]1Cn1cccn1. The molecule has 2 saturated heterocycles. The van der Waals surface area contributed by atoms with Gasteiger partial charge in [0.25, 0.3) is 0 Å². The van der Waals surface area contributed by atoms with E-state index in [1.54, 1.807) is 6.20 Å². The average molecular weight is 235 g/mol. The number of cyclic esters (lactones) is 1. The standard InChI is InChI=1S/C12H17N3O2/c16-12-11(4-8-17-12)15-7-1-3-10(15)9-14-6-2-5-13-14/h2,5-6,10-11H,1,3-4,7-9H2/t10-,11-/m0/s1. The molecule has 5 nitrogen and oxygen atoms in total. The predicted octanol–water partition coefficient (Wildman–Crippen LogP) is 0.663. The molecule has 0 saturated carbocycles. The second kappa shape index (κ2) is 4.49. The number of carbonyl (C=O) groups excluding carboxylic acids is 1. The van der Waals surface area contributed by atoms with Gasteiger partial charge < -0.3 is 4.74 Å². The van der Waals surface area contributed by atoms with Crippen LogP contribution in [0.2, 0.25) is 0 Å². The maximum atomic E-state index is 11.6. The van der Waals surface area contributed by atoms with Crippen LogP contribution >= 0.6 is 0 Å². The highest BCUT2D eigenvalue weighted by Crippen LogP contribution is 2.25. The first-order valence-corrected chi connectivity index (χ1v) is 6.24. The first kappa shape index (κ1) is 10.8. The molecule has 3 rings (SSSR count). The summed E-state index contributed by atoms with van der Waals surface area (Å²) in [5.41, 5.74) is 0. The number of hydrogen-bond donors (Lipinski definition) is 0. The van der Waals surface area contributed by atoms with Crippen molar-refractivity contribution in [1.82, 2.24) is 14.7 Å². The third-order valence-electron chi connectivity index (χ3n) is 3.69. The van der Waals surface area contributed by atoms with Crippen molar-refractivity contribution in [2.75, 3.05) is 13.2 Å². The monoisotopic (exact) mass is 235 g/mol. The third kappa shape index (κ3) is 2.07. The Bertz CT molecular complexity index is 390. The highest BCUT2D eigenvalue weighted by molar-refractivity contribution is 5.77. The molecular formula is C12H17N3O2. The lowest BCUT2D eigenvalue weighted by Crippen LogP contribution is -2.43. The van der Waals surface area contributed by atoms with E-state index < -0.39 is 0 Å². The van der Waals surface area contributed by atoms with Crippen LogP contribution in [0.25, 0.3) is 0 Å². The van der Waals surface area contributed by atoms with E-state index in [9.17, 15) is 4.79 Å². The molecule has 92 valence electrons. The van der Waals surface area contributed by atoms with Gasteiger partial charge in [0.1, 0.15) is 6.04 Å². The predicted molar refractivity (Wildman–Crippen MR) is 61.3 cm³/mol. The van der Waals surface area contributed by atoms with Crippen molar-refractivity contribution >= 4 is 5.97 Å². The fourth-order valence-corrected chi connectivity index (χ4v) is 2.88. The van der Waals surface area contributed by atoms with E-state index in [0.717, 1.165) is 32.4 Å². The lowest BCUT2D eigenvalue weighted by atomic mass is 10.1. The lowest BCUT2D eigenvalue weighted by Gasteiger charge is -2.27. The second-order valence-corrected chi connectivity index (χ2v) is 4.73. The summed E-state index contributed by atoms with van der Waals surface area (Å²) in [6.45, 7) is 2.46. The minimum Gasteiger partial charge on any atom is -0.464 e. The van der Waals surface area contributed by atoms with Crippen LogP contribution in [0.4, 0.5) is 0 Å². The Morgan fingerprint density at radius 2 is 2.41 bits per heavy atom. The van der Waals surface area contributed by atoms with E-state index in [4.69, 9.17) is 4.74 Å². The van der Waals surface area contributed by atoms with Crippen LogP contribution in [0.15, 0.2) is 18.5 Å². The third-order valence-corrected chi connectivity index (χ3v) is 3.69. The normalized spacial score (nSPS) is 29.8. The Balaban J connectivity index is 1.69. The molecule has 0 unspecified atom stereocenters. The number of ether oxygens (including phenoxy) is 1. The van der Waals surface area contributed by atoms with Gasteiger partial charge in [-0.2, -0.15) is 5.10 Å². The fourth-order valence-electron chi connectivity index (χ4n) is 2.88. The molecule has 0 bridgehead atoms. The molecule has 0 amide bonds. The van der Waals surface area contributed by atoms with Gasteiger partial charge in [-0.25, -0.2) is 0 Å². The molecule has 1 aromatic rings. The zero-order chi connectivity index (χ0) is 11.7. The Labute approximate surface area is 100 Å². The quantitative estimate of drug-likeness (QED) is 0.722. The molecule has 17 heavy (non-hydrogen) atoms. The van der Waals surface area contributed by atoms with Crippen molar-refractivity contribution in [1.29, 1.82) is 0 Å². The van der Waals surface area contributed by atoms with Gasteiger partial charge in [-0.15, -0.1) is 0 Å². The summed E-state index contributed by atoms with van der Waals surface area (Å²) in [6, 6.07) is 2.34. The van der Waals surface area contributed by atoms with Crippen LogP contribution in [0.5, 0.6) is 0 Å². The van der Waals surface area contributed by atoms with Crippen LogP contribution in [0.3, 0.4) is 0 Å². The fraction of sp³-hybridized carbons (Fsp3) is 0.667. The van der Waals surface area contributed by atoms with Crippen molar-refractivity contribution in [3.05, 3.63) is 18.5 Å². The van der Waals surface area contributed by atoms with Crippen LogP contribution < -0.4 is 0 Å². The lowest BCUT2D eigenvalue weighted by molar-refractivity contribution is -0.142. The maximum absolute atomic E-state index is 11.6. The number of aromatic nitrogens is 2. The molecule has 0 N–H and O–H groups in total. The topological polar surface area (TPSA) is 47.4 Å². The van der Waals surface area contributed by atoms with Gasteiger partial charge in [0.05, 0.1) is 13.2 Å². The van der Waals surface area contributed by atoms with Crippen LogP contribution in [-0.2, 0) is 16.1 Å². The molecule has 2 atom stereocenters. The number of esters is 1. The Morgan fingerprint density at radius 1 is 1.47 bits per heavy atom. The van der Waals surface area contributed by atoms with Gasteiger partial charge in [0.2, 0.25) is 0 Å². The second-order valence-electron chi connectivity index (χ2n) is 4.73. The summed E-state index contributed by atoms with van der Waals surface area (Å²) in [7, 11) is 0. The molecular weight excluding hydrogens is 218 g/mol. The van der Waals surface area contributed by atoms with Crippen LogP contribution in [0.1, 0.15) is 19.3 Å². The summed E-state index contributed by atoms with van der Waals surface area (Å²) in [5.74, 6) is -0.0441. The van der Waals surface area contributed by atoms with E-state index in [1.165, 1.54) is 0 Å². The van der Waals surface area contributed by atoms with E-state index >= 15 is 0 Å². The Hall–Kier alpha value is -1.36. The summed E-state index contributed by atoms with van der Waals surface area (Å²) >= 11 is 0. The zero-order valence-electron chi connectivity index (χ0n) is 9.79. The van der Waals surface area contributed by atoms with E-state index in [0.29, 0.717) is 12.6 Å². The van der Waals surface area contributed by atoms with Crippen molar-refractivity contribution in [3.8, 4) is 0 Å². The summed E-state index contributed by atoms with van der Waals surface area (Å²) in [5, 5.41) is 4.23. The Kier molecular flexibility index (Phi) is 2.84. The van der Waals surface area contributed by atoms with E-state index in [1.807, 2.05) is 16.9 Å². The molecule has 5 heteroatoms. The number of rotatable bonds is 3. The summed E-state index contributed by atoms with van der Waals surface area (Å²) in [4.78, 5) is 13.9. The number of hydrogen-bond acceptors (Lipinski definition) is 4. The van der Waals surface area contributed by atoms with Gasteiger partial charge in [0.15, 0.2) is 0 Å². The maximum Gasteiger partial charge on any atom is 0.323 e. The largest absolute Gasteiger partial charge is 0.464 e. The minimum atomic E-state index is -0.0441. The highest BCUT2D eigenvalue weighted by atomic mass is 16.5. The zero-order valence-corrected chi connectivity index (χ0v) is 9.79. The molecule has 0 spiro atoms. The Morgan fingerprint density at radius 3 is 3.12 bits per heavy atom. The van der Waals surface area contributed by atoms with Gasteiger partial charge in [-0.1, -0.05) is 0 Å². The summed E-state index contributed by atoms with van der Waals surface area (Å²) < 4.78 is 7.01.